The summed E-state index contributed by atoms with van der Waals surface area (Å²) < 4.78 is 10.8. The van der Waals surface area contributed by atoms with Crippen molar-refractivity contribution >= 4 is 0 Å². The molecule has 1 heterocycles. The first-order valence-electron chi connectivity index (χ1n) is 5.82. The minimum Gasteiger partial charge on any atom is -0.380 e. The zero-order valence-electron chi connectivity index (χ0n) is 9.26. The van der Waals surface area contributed by atoms with E-state index in [9.17, 15) is 0 Å². The Balaban J connectivity index is 1.82. The van der Waals surface area contributed by atoms with Crippen LogP contribution in [0.4, 0.5) is 0 Å². The second kappa shape index (κ2) is 8.21. The fourth-order valence-corrected chi connectivity index (χ4v) is 1.59. The van der Waals surface area contributed by atoms with E-state index in [1.54, 1.807) is 0 Å². The van der Waals surface area contributed by atoms with E-state index in [-0.39, 0.29) is 0 Å². The first-order chi connectivity index (χ1) is 6.93. The van der Waals surface area contributed by atoms with E-state index in [1.807, 2.05) is 0 Å². The van der Waals surface area contributed by atoms with Gasteiger partial charge in [-0.2, -0.15) is 0 Å². The van der Waals surface area contributed by atoms with Gasteiger partial charge in [0.2, 0.25) is 0 Å². The number of ether oxygens (including phenoxy) is 2. The van der Waals surface area contributed by atoms with Gasteiger partial charge in [-0.15, -0.1) is 0 Å². The molecule has 1 aliphatic heterocycles. The first-order valence-corrected chi connectivity index (χ1v) is 5.82. The predicted molar refractivity (Wildman–Crippen MR) is 57.6 cm³/mol. The molecule has 0 aromatic rings. The van der Waals surface area contributed by atoms with Crippen LogP contribution in [-0.2, 0) is 9.47 Å². The summed E-state index contributed by atoms with van der Waals surface area (Å²) in [6.45, 7) is 6.68. The normalized spacial score (nSPS) is 22.5. The Morgan fingerprint density at radius 1 is 1.43 bits per heavy atom. The van der Waals surface area contributed by atoms with Gasteiger partial charge in [0.05, 0.1) is 13.2 Å². The lowest BCUT2D eigenvalue weighted by molar-refractivity contribution is 0.0646. The topological polar surface area (TPSA) is 30.5 Å². The van der Waals surface area contributed by atoms with Crippen LogP contribution in [0.15, 0.2) is 0 Å². The molecule has 1 aliphatic rings. The summed E-state index contributed by atoms with van der Waals surface area (Å²) in [6, 6.07) is 0.554. The fourth-order valence-electron chi connectivity index (χ4n) is 1.59. The lowest BCUT2D eigenvalue weighted by atomic mass is 10.1. The molecule has 0 aromatic carbocycles. The second-order valence-electron chi connectivity index (χ2n) is 3.83. The van der Waals surface area contributed by atoms with E-state index in [2.05, 4.69) is 12.2 Å². The summed E-state index contributed by atoms with van der Waals surface area (Å²) in [6.07, 6.45) is 4.82. The van der Waals surface area contributed by atoms with Crippen molar-refractivity contribution < 1.29 is 9.47 Å². The van der Waals surface area contributed by atoms with Crippen molar-refractivity contribution in [1.29, 1.82) is 0 Å². The number of hydrogen-bond acceptors (Lipinski definition) is 3. The van der Waals surface area contributed by atoms with Crippen molar-refractivity contribution in [3.05, 3.63) is 0 Å². The zero-order valence-corrected chi connectivity index (χ0v) is 9.26. The Kier molecular flexibility index (Phi) is 7.01. The van der Waals surface area contributed by atoms with Crippen LogP contribution in [0.1, 0.15) is 32.6 Å². The fraction of sp³-hybridized carbons (Fsp3) is 1.00. The van der Waals surface area contributed by atoms with Crippen molar-refractivity contribution in [2.75, 3.05) is 33.0 Å². The smallest absolute Gasteiger partial charge is 0.0619 e. The van der Waals surface area contributed by atoms with Gasteiger partial charge in [-0.05, 0) is 19.3 Å². The molecule has 0 aliphatic carbocycles. The molecule has 0 aromatic heterocycles. The minimum atomic E-state index is 0.554. The van der Waals surface area contributed by atoms with Crippen molar-refractivity contribution in [3.63, 3.8) is 0 Å². The molecular formula is C11H23NO2. The summed E-state index contributed by atoms with van der Waals surface area (Å²) >= 11 is 0. The Hall–Kier alpha value is -0.120. The minimum absolute atomic E-state index is 0.554. The molecule has 14 heavy (non-hydrogen) atoms. The number of unbranched alkanes of at least 4 members (excludes halogenated alkanes) is 1. The highest BCUT2D eigenvalue weighted by Crippen LogP contribution is 2.04. The van der Waals surface area contributed by atoms with Crippen molar-refractivity contribution in [2.24, 2.45) is 0 Å². The van der Waals surface area contributed by atoms with Crippen LogP contribution in [0.3, 0.4) is 0 Å². The second-order valence-corrected chi connectivity index (χ2v) is 3.83. The van der Waals surface area contributed by atoms with Crippen LogP contribution >= 0.6 is 0 Å². The highest BCUT2D eigenvalue weighted by molar-refractivity contribution is 4.69. The highest BCUT2D eigenvalue weighted by atomic mass is 16.5. The summed E-state index contributed by atoms with van der Waals surface area (Å²) in [5.41, 5.74) is 0. The SMILES string of the molecule is CCCCOCCNC1CCCOC1. The quantitative estimate of drug-likeness (QED) is 0.634. The first kappa shape index (κ1) is 12.0. The van der Waals surface area contributed by atoms with Gasteiger partial charge < -0.3 is 14.8 Å². The lowest BCUT2D eigenvalue weighted by Gasteiger charge is -2.23. The van der Waals surface area contributed by atoms with E-state index in [4.69, 9.17) is 9.47 Å². The third kappa shape index (κ3) is 5.58. The third-order valence-electron chi connectivity index (χ3n) is 2.48. The third-order valence-corrected chi connectivity index (χ3v) is 2.48. The molecule has 1 saturated heterocycles. The molecule has 84 valence electrons. The molecule has 0 amide bonds. The Bertz CT molecular complexity index is 124. The summed E-state index contributed by atoms with van der Waals surface area (Å²) in [5.74, 6) is 0. The summed E-state index contributed by atoms with van der Waals surface area (Å²) in [7, 11) is 0. The van der Waals surface area contributed by atoms with Crippen molar-refractivity contribution in [3.8, 4) is 0 Å². The van der Waals surface area contributed by atoms with E-state index in [0.717, 1.165) is 33.0 Å². The average molecular weight is 201 g/mol. The maximum atomic E-state index is 5.46. The van der Waals surface area contributed by atoms with E-state index in [0.29, 0.717) is 6.04 Å². The van der Waals surface area contributed by atoms with Crippen LogP contribution in [0.2, 0.25) is 0 Å². The molecule has 0 bridgehead atoms. The van der Waals surface area contributed by atoms with Gasteiger partial charge in [0.1, 0.15) is 0 Å². The van der Waals surface area contributed by atoms with Gasteiger partial charge in [-0.1, -0.05) is 13.3 Å². The molecule has 1 N–H and O–H groups in total. The van der Waals surface area contributed by atoms with E-state index >= 15 is 0 Å². The van der Waals surface area contributed by atoms with Gasteiger partial charge in [0, 0.05) is 25.8 Å². The predicted octanol–water partition coefficient (Wildman–Crippen LogP) is 1.57. The van der Waals surface area contributed by atoms with Gasteiger partial charge in [-0.3, -0.25) is 0 Å². The van der Waals surface area contributed by atoms with Crippen molar-refractivity contribution in [1.82, 2.24) is 5.32 Å². The standard InChI is InChI=1S/C11H23NO2/c1-2-3-7-13-9-6-12-11-5-4-8-14-10-11/h11-12H,2-10H2,1H3. The molecule has 1 atom stereocenters. The van der Waals surface area contributed by atoms with Crippen LogP contribution in [0, 0.1) is 0 Å². The number of hydrogen-bond donors (Lipinski definition) is 1. The van der Waals surface area contributed by atoms with Crippen molar-refractivity contribution in [2.45, 2.75) is 38.6 Å². The van der Waals surface area contributed by atoms with Gasteiger partial charge in [-0.25, -0.2) is 0 Å². The summed E-state index contributed by atoms with van der Waals surface area (Å²) in [4.78, 5) is 0. The van der Waals surface area contributed by atoms with Crippen LogP contribution < -0.4 is 5.32 Å². The molecule has 1 fully saturated rings. The molecule has 3 nitrogen and oxygen atoms in total. The van der Waals surface area contributed by atoms with Gasteiger partial charge in [0.15, 0.2) is 0 Å². The van der Waals surface area contributed by atoms with Crippen LogP contribution in [0.25, 0.3) is 0 Å². The monoisotopic (exact) mass is 201 g/mol. The summed E-state index contributed by atoms with van der Waals surface area (Å²) in [5, 5.41) is 3.45. The maximum Gasteiger partial charge on any atom is 0.0619 e. The lowest BCUT2D eigenvalue weighted by Crippen LogP contribution is -2.38. The largest absolute Gasteiger partial charge is 0.380 e. The molecule has 3 heteroatoms. The van der Waals surface area contributed by atoms with Crippen LogP contribution in [-0.4, -0.2) is 39.0 Å². The molecule has 1 unspecified atom stereocenters. The Morgan fingerprint density at radius 3 is 3.07 bits per heavy atom. The molecule has 0 spiro atoms. The average Bonchev–Trinajstić information content (AvgIpc) is 2.25. The Morgan fingerprint density at radius 2 is 2.36 bits per heavy atom. The van der Waals surface area contributed by atoms with E-state index in [1.165, 1.54) is 25.7 Å². The van der Waals surface area contributed by atoms with Gasteiger partial charge >= 0.3 is 0 Å². The van der Waals surface area contributed by atoms with E-state index < -0.39 is 0 Å². The number of nitrogens with one attached hydrogen (secondary N) is 1. The zero-order chi connectivity index (χ0) is 10.1. The molecule has 1 rings (SSSR count). The number of rotatable bonds is 7. The highest BCUT2D eigenvalue weighted by Gasteiger charge is 2.11. The maximum absolute atomic E-state index is 5.46. The van der Waals surface area contributed by atoms with Crippen LogP contribution in [0.5, 0.6) is 0 Å². The molecule has 0 saturated carbocycles. The van der Waals surface area contributed by atoms with Gasteiger partial charge in [0.25, 0.3) is 0 Å². The molecule has 0 radical (unpaired) electrons. The Labute approximate surface area is 87.2 Å². The molecular weight excluding hydrogens is 178 g/mol.